The van der Waals surface area contributed by atoms with Gasteiger partial charge in [-0.15, -0.1) is 0 Å². The fourth-order valence-electron chi connectivity index (χ4n) is 4.22. The van der Waals surface area contributed by atoms with Crippen molar-refractivity contribution in [3.05, 3.63) is 52.3 Å². The van der Waals surface area contributed by atoms with Crippen molar-refractivity contribution in [1.82, 2.24) is 0 Å². The maximum Gasteiger partial charge on any atom is 0.198 e. The van der Waals surface area contributed by atoms with Gasteiger partial charge in [-0.1, -0.05) is 11.6 Å². The molecule has 6 N–H and O–H groups in total. The molecule has 1 aliphatic rings. The van der Waals surface area contributed by atoms with Crippen molar-refractivity contribution in [2.75, 3.05) is 0 Å². The van der Waals surface area contributed by atoms with Crippen LogP contribution in [0, 0.1) is 0 Å². The Labute approximate surface area is 184 Å². The average Bonchev–Trinajstić information content (AvgIpc) is 2.64. The number of phenols is 3. The molecule has 8 nitrogen and oxygen atoms in total. The maximum atomic E-state index is 13.1. The zero-order chi connectivity index (χ0) is 24.0. The maximum absolute atomic E-state index is 13.1. The molecule has 0 radical (unpaired) electrons. The quantitative estimate of drug-likeness (QED) is 0.235. The second-order valence-electron chi connectivity index (χ2n) is 8.52. The molecule has 2 aromatic carbocycles. The summed E-state index contributed by atoms with van der Waals surface area (Å²) in [6.07, 6.45) is 0.106. The van der Waals surface area contributed by atoms with Crippen LogP contribution in [0.3, 0.4) is 0 Å². The lowest BCUT2D eigenvalue weighted by molar-refractivity contribution is -0.112. The highest BCUT2D eigenvalue weighted by molar-refractivity contribution is 6.12. The van der Waals surface area contributed by atoms with Gasteiger partial charge >= 0.3 is 0 Å². The number of fused-ring (bicyclic) bond motifs is 2. The fourth-order valence-corrected chi connectivity index (χ4v) is 4.22. The van der Waals surface area contributed by atoms with Crippen molar-refractivity contribution >= 4 is 22.3 Å². The zero-order valence-electron chi connectivity index (χ0n) is 18.0. The Morgan fingerprint density at radius 1 is 1.19 bits per heavy atom. The zero-order valence-corrected chi connectivity index (χ0v) is 18.0. The Kier molecular flexibility index (Phi) is 6.04. The highest BCUT2D eigenvalue weighted by Gasteiger charge is 2.48. The number of aliphatic hydroxyl groups excluding tert-OH is 2. The summed E-state index contributed by atoms with van der Waals surface area (Å²) in [5.74, 6) is -3.21. The van der Waals surface area contributed by atoms with Gasteiger partial charge in [0.05, 0.1) is 16.7 Å². The molecule has 170 valence electrons. The third kappa shape index (κ3) is 4.06. The first-order valence-electron chi connectivity index (χ1n) is 10.1. The molecular weight excluding hydrogens is 416 g/mol. The van der Waals surface area contributed by atoms with Crippen LogP contribution in [0.4, 0.5) is 0 Å². The van der Waals surface area contributed by atoms with Crippen molar-refractivity contribution in [2.45, 2.75) is 51.7 Å². The summed E-state index contributed by atoms with van der Waals surface area (Å²) in [4.78, 5) is 24.4. The first kappa shape index (κ1) is 23.3. The lowest BCUT2D eigenvalue weighted by Crippen LogP contribution is -2.53. The molecule has 0 amide bonds. The molecule has 0 saturated carbocycles. The third-order valence-corrected chi connectivity index (χ3v) is 5.63. The van der Waals surface area contributed by atoms with E-state index in [1.807, 2.05) is 19.9 Å². The number of carbonyl (C=O) groups is 2. The molecule has 0 spiro atoms. The number of carbonyl (C=O) groups excluding carboxylic acids is 2. The van der Waals surface area contributed by atoms with Gasteiger partial charge in [0, 0.05) is 25.0 Å². The van der Waals surface area contributed by atoms with Crippen molar-refractivity contribution in [3.63, 3.8) is 0 Å². The molecular formula is C24H26O8. The van der Waals surface area contributed by atoms with Gasteiger partial charge in [0.2, 0.25) is 0 Å². The second-order valence-corrected chi connectivity index (χ2v) is 8.52. The summed E-state index contributed by atoms with van der Waals surface area (Å²) in [5.41, 5.74) is -0.731. The SMILES string of the molecule is CC(=O)/C=C(\O)C[C@]1(O)Cc2c(c(O)c3c(O)cc(O)cc3c2CC=C(C)C)C(=O)[C@H]1O. The predicted molar refractivity (Wildman–Crippen MR) is 117 cm³/mol. The van der Waals surface area contributed by atoms with Gasteiger partial charge in [0.1, 0.15) is 29.0 Å². The minimum atomic E-state index is -2.14. The number of ketones is 2. The number of allylic oxidation sites excluding steroid dienone is 3. The Morgan fingerprint density at radius 3 is 2.44 bits per heavy atom. The van der Waals surface area contributed by atoms with E-state index in [0.29, 0.717) is 5.56 Å². The number of Topliss-reactive ketones (excluding diaryl/α,β-unsaturated/α-hetero) is 1. The molecule has 1 aliphatic carbocycles. The number of benzene rings is 2. The molecule has 0 fully saturated rings. The van der Waals surface area contributed by atoms with Crippen LogP contribution in [-0.4, -0.2) is 53.9 Å². The largest absolute Gasteiger partial charge is 0.512 e. The van der Waals surface area contributed by atoms with Crippen LogP contribution in [0.15, 0.2) is 35.6 Å². The van der Waals surface area contributed by atoms with Crippen molar-refractivity contribution < 1.29 is 40.2 Å². The fraction of sp³-hybridized carbons (Fsp3) is 0.333. The van der Waals surface area contributed by atoms with Crippen LogP contribution >= 0.6 is 0 Å². The van der Waals surface area contributed by atoms with E-state index in [0.717, 1.165) is 17.7 Å². The third-order valence-electron chi connectivity index (χ3n) is 5.63. The Hall–Kier alpha value is -3.36. The van der Waals surface area contributed by atoms with E-state index in [-0.39, 0.29) is 40.5 Å². The topological polar surface area (TPSA) is 156 Å². The van der Waals surface area contributed by atoms with E-state index in [4.69, 9.17) is 0 Å². The number of phenolic OH excluding ortho intramolecular Hbond substituents is 3. The molecule has 2 atom stereocenters. The molecule has 0 bridgehead atoms. The van der Waals surface area contributed by atoms with Crippen LogP contribution in [-0.2, 0) is 17.6 Å². The molecule has 0 aromatic heterocycles. The van der Waals surface area contributed by atoms with E-state index in [2.05, 4.69) is 0 Å². The van der Waals surface area contributed by atoms with Gasteiger partial charge in [-0.25, -0.2) is 0 Å². The van der Waals surface area contributed by atoms with Crippen LogP contribution in [0.25, 0.3) is 10.8 Å². The summed E-state index contributed by atoms with van der Waals surface area (Å²) < 4.78 is 0. The van der Waals surface area contributed by atoms with E-state index >= 15 is 0 Å². The standard InChI is InChI=1S/C24H26O8/c1-11(2)4-5-15-16-7-13(26)8-18(28)19(16)21(29)20-17(15)10-24(32,23(31)22(20)30)9-14(27)6-12(3)25/h4,6-8,23,26-29,31-32H,5,9-10H2,1-3H3/b14-6-/t23-,24+/m1/s1. The van der Waals surface area contributed by atoms with E-state index in [9.17, 15) is 40.2 Å². The van der Waals surface area contributed by atoms with Crippen molar-refractivity contribution in [2.24, 2.45) is 0 Å². The lowest BCUT2D eigenvalue weighted by atomic mass is 9.72. The summed E-state index contributed by atoms with van der Waals surface area (Å²) in [6.45, 7) is 4.93. The van der Waals surface area contributed by atoms with Gasteiger partial charge < -0.3 is 30.6 Å². The first-order valence-corrected chi connectivity index (χ1v) is 10.1. The van der Waals surface area contributed by atoms with E-state index in [1.54, 1.807) is 0 Å². The molecule has 8 heteroatoms. The van der Waals surface area contributed by atoms with Crippen LogP contribution < -0.4 is 0 Å². The van der Waals surface area contributed by atoms with Gasteiger partial charge in [0.25, 0.3) is 0 Å². The van der Waals surface area contributed by atoms with Gasteiger partial charge in [-0.05, 0) is 49.8 Å². The summed E-state index contributed by atoms with van der Waals surface area (Å²) in [5, 5.41) is 63.3. The van der Waals surface area contributed by atoms with Crippen molar-refractivity contribution in [3.8, 4) is 17.2 Å². The van der Waals surface area contributed by atoms with E-state index in [1.165, 1.54) is 13.0 Å². The minimum absolute atomic E-state index is 0.0518. The van der Waals surface area contributed by atoms with Crippen molar-refractivity contribution in [1.29, 1.82) is 0 Å². The van der Waals surface area contributed by atoms with Crippen LogP contribution in [0.5, 0.6) is 17.2 Å². The first-order chi connectivity index (χ1) is 14.9. The highest BCUT2D eigenvalue weighted by atomic mass is 16.4. The van der Waals surface area contributed by atoms with Crippen LogP contribution in [0.1, 0.15) is 48.7 Å². The molecule has 2 aromatic rings. The molecule has 0 saturated heterocycles. The van der Waals surface area contributed by atoms with Gasteiger partial charge in [-0.2, -0.15) is 0 Å². The summed E-state index contributed by atoms with van der Waals surface area (Å²) in [7, 11) is 0. The molecule has 0 unspecified atom stereocenters. The van der Waals surface area contributed by atoms with E-state index < -0.39 is 47.0 Å². The lowest BCUT2D eigenvalue weighted by Gasteiger charge is -2.38. The number of hydrogen-bond donors (Lipinski definition) is 6. The number of aromatic hydroxyl groups is 3. The average molecular weight is 442 g/mol. The molecule has 32 heavy (non-hydrogen) atoms. The van der Waals surface area contributed by atoms with Crippen LogP contribution in [0.2, 0.25) is 0 Å². The number of rotatable bonds is 5. The predicted octanol–water partition coefficient (Wildman–Crippen LogP) is 2.72. The second kappa shape index (κ2) is 8.29. The number of hydrogen-bond acceptors (Lipinski definition) is 8. The smallest absolute Gasteiger partial charge is 0.198 e. The number of aliphatic hydroxyl groups is 3. The Morgan fingerprint density at radius 2 is 1.84 bits per heavy atom. The molecule has 0 heterocycles. The highest BCUT2D eigenvalue weighted by Crippen LogP contribution is 2.47. The van der Waals surface area contributed by atoms with Gasteiger partial charge in [-0.3, -0.25) is 9.59 Å². The summed E-state index contributed by atoms with van der Waals surface area (Å²) >= 11 is 0. The Balaban J connectivity index is 2.33. The molecule has 3 rings (SSSR count). The minimum Gasteiger partial charge on any atom is -0.512 e. The molecule has 0 aliphatic heterocycles. The normalized spacial score (nSPS) is 20.8. The summed E-state index contributed by atoms with van der Waals surface area (Å²) in [6, 6.07) is 2.37. The Bertz CT molecular complexity index is 1190. The monoisotopic (exact) mass is 442 g/mol. The van der Waals surface area contributed by atoms with Gasteiger partial charge in [0.15, 0.2) is 11.6 Å².